The van der Waals surface area contributed by atoms with Gasteiger partial charge in [0.2, 0.25) is 0 Å². The molecule has 7 nitrogen and oxygen atoms in total. The van der Waals surface area contributed by atoms with E-state index in [1.165, 1.54) is 19.1 Å². The number of esters is 2. The van der Waals surface area contributed by atoms with Crippen LogP contribution in [0.4, 0.5) is 0 Å². The van der Waals surface area contributed by atoms with E-state index in [0.717, 1.165) is 32.1 Å². The van der Waals surface area contributed by atoms with Gasteiger partial charge in [-0.15, -0.1) is 0 Å². The number of nitrogens with zero attached hydrogens (tertiary/aromatic N) is 2. The fraction of sp³-hybridized carbons (Fsp3) is 0.611. The number of hydrogen-bond donors (Lipinski definition) is 0. The first-order valence-electron chi connectivity index (χ1n) is 8.48. The lowest BCUT2D eigenvalue weighted by Gasteiger charge is -2.27. The standard InChI is InChI=1S/C18H26N2O5/c1-11-13(17(22)24-4)15(18(23)25-5)20(12-9-7-6-8-10-12)14(11)16(21)19(2)3/h12H,6-10H2,1-5H3. The molecule has 0 aromatic carbocycles. The van der Waals surface area contributed by atoms with Gasteiger partial charge in [-0.2, -0.15) is 0 Å². The smallest absolute Gasteiger partial charge is 0.355 e. The van der Waals surface area contributed by atoms with Crippen molar-refractivity contribution >= 4 is 17.8 Å². The van der Waals surface area contributed by atoms with Crippen LogP contribution in [0.2, 0.25) is 0 Å². The summed E-state index contributed by atoms with van der Waals surface area (Å²) in [5.74, 6) is -1.52. The van der Waals surface area contributed by atoms with Crippen molar-refractivity contribution in [1.29, 1.82) is 0 Å². The van der Waals surface area contributed by atoms with E-state index in [1.807, 2.05) is 0 Å². The van der Waals surface area contributed by atoms with Crippen LogP contribution in [0, 0.1) is 6.92 Å². The molecule has 1 aromatic heterocycles. The van der Waals surface area contributed by atoms with Gasteiger partial charge in [-0.3, -0.25) is 4.79 Å². The molecule has 0 saturated heterocycles. The molecule has 0 unspecified atom stereocenters. The summed E-state index contributed by atoms with van der Waals surface area (Å²) in [6.07, 6.45) is 4.88. The summed E-state index contributed by atoms with van der Waals surface area (Å²) in [6.45, 7) is 1.68. The number of hydrogen-bond acceptors (Lipinski definition) is 5. The van der Waals surface area contributed by atoms with Gasteiger partial charge in [-0.05, 0) is 25.3 Å². The zero-order chi connectivity index (χ0) is 18.7. The molecule has 0 N–H and O–H groups in total. The predicted molar refractivity (Wildman–Crippen MR) is 92.0 cm³/mol. The number of carbonyl (C=O) groups excluding carboxylic acids is 3. The summed E-state index contributed by atoms with van der Waals surface area (Å²) in [5, 5.41) is 0. The number of ether oxygens (including phenoxy) is 2. The summed E-state index contributed by atoms with van der Waals surface area (Å²) < 4.78 is 11.5. The van der Waals surface area contributed by atoms with Crippen molar-refractivity contribution in [3.8, 4) is 0 Å². The van der Waals surface area contributed by atoms with Crippen molar-refractivity contribution in [2.24, 2.45) is 0 Å². The second-order valence-corrected chi connectivity index (χ2v) is 6.54. The average Bonchev–Trinajstić information content (AvgIpc) is 2.93. The van der Waals surface area contributed by atoms with E-state index < -0.39 is 11.9 Å². The van der Waals surface area contributed by atoms with E-state index in [0.29, 0.717) is 11.3 Å². The molecule has 0 spiro atoms. The monoisotopic (exact) mass is 350 g/mol. The van der Waals surface area contributed by atoms with Crippen molar-refractivity contribution in [1.82, 2.24) is 9.47 Å². The zero-order valence-corrected chi connectivity index (χ0v) is 15.5. The van der Waals surface area contributed by atoms with Crippen LogP contribution in [0.5, 0.6) is 0 Å². The number of methoxy groups -OCH3 is 2. The highest BCUT2D eigenvalue weighted by Gasteiger charge is 2.36. The van der Waals surface area contributed by atoms with Crippen LogP contribution in [-0.2, 0) is 9.47 Å². The van der Waals surface area contributed by atoms with Gasteiger partial charge in [0.1, 0.15) is 11.4 Å². The van der Waals surface area contributed by atoms with E-state index in [1.54, 1.807) is 25.6 Å². The Labute approximate surface area is 147 Å². The van der Waals surface area contributed by atoms with Crippen molar-refractivity contribution in [3.05, 3.63) is 22.5 Å². The Bertz CT molecular complexity index is 684. The van der Waals surface area contributed by atoms with E-state index in [4.69, 9.17) is 9.47 Å². The maximum absolute atomic E-state index is 12.8. The Morgan fingerprint density at radius 2 is 1.52 bits per heavy atom. The first kappa shape index (κ1) is 19.0. The van der Waals surface area contributed by atoms with Crippen LogP contribution >= 0.6 is 0 Å². The molecular weight excluding hydrogens is 324 g/mol. The van der Waals surface area contributed by atoms with Gasteiger partial charge >= 0.3 is 11.9 Å². The minimum absolute atomic E-state index is 0.0149. The lowest BCUT2D eigenvalue weighted by atomic mass is 9.95. The van der Waals surface area contributed by atoms with Crippen molar-refractivity contribution in [2.45, 2.75) is 45.1 Å². The molecular formula is C18H26N2O5. The fourth-order valence-electron chi connectivity index (χ4n) is 3.54. The third-order valence-electron chi connectivity index (χ3n) is 4.77. The van der Waals surface area contributed by atoms with Crippen LogP contribution in [-0.4, -0.2) is 55.6 Å². The molecule has 2 rings (SSSR count). The van der Waals surface area contributed by atoms with E-state index in [-0.39, 0.29) is 23.2 Å². The van der Waals surface area contributed by atoms with Gasteiger partial charge in [0.25, 0.3) is 5.91 Å². The largest absolute Gasteiger partial charge is 0.465 e. The Hall–Kier alpha value is -2.31. The molecule has 0 atom stereocenters. The van der Waals surface area contributed by atoms with Crippen molar-refractivity contribution < 1.29 is 23.9 Å². The first-order valence-corrected chi connectivity index (χ1v) is 8.48. The van der Waals surface area contributed by atoms with Gasteiger partial charge in [-0.1, -0.05) is 19.3 Å². The Kier molecular flexibility index (Phi) is 5.87. The maximum Gasteiger partial charge on any atom is 0.355 e. The second-order valence-electron chi connectivity index (χ2n) is 6.54. The Morgan fingerprint density at radius 1 is 0.960 bits per heavy atom. The summed E-state index contributed by atoms with van der Waals surface area (Å²) in [4.78, 5) is 39.1. The van der Waals surface area contributed by atoms with E-state index in [9.17, 15) is 14.4 Å². The number of amides is 1. The molecule has 1 fully saturated rings. The molecule has 1 heterocycles. The average molecular weight is 350 g/mol. The second kappa shape index (κ2) is 7.72. The van der Waals surface area contributed by atoms with Crippen LogP contribution < -0.4 is 0 Å². The van der Waals surface area contributed by atoms with Crippen LogP contribution in [0.25, 0.3) is 0 Å². The highest BCUT2D eigenvalue weighted by atomic mass is 16.5. The molecule has 1 aromatic rings. The lowest BCUT2D eigenvalue weighted by molar-refractivity contribution is 0.0543. The third-order valence-corrected chi connectivity index (χ3v) is 4.77. The third kappa shape index (κ3) is 3.41. The quantitative estimate of drug-likeness (QED) is 0.780. The highest BCUT2D eigenvalue weighted by molar-refractivity contribution is 6.07. The molecule has 1 amide bonds. The molecule has 0 radical (unpaired) electrons. The molecule has 0 aliphatic heterocycles. The van der Waals surface area contributed by atoms with Crippen LogP contribution in [0.1, 0.15) is 75.0 Å². The van der Waals surface area contributed by atoms with Gasteiger partial charge in [0.15, 0.2) is 0 Å². The van der Waals surface area contributed by atoms with E-state index >= 15 is 0 Å². The molecule has 7 heteroatoms. The topological polar surface area (TPSA) is 77.8 Å². The molecule has 1 aliphatic rings. The van der Waals surface area contributed by atoms with Crippen molar-refractivity contribution in [3.63, 3.8) is 0 Å². The highest BCUT2D eigenvalue weighted by Crippen LogP contribution is 2.35. The predicted octanol–water partition coefficient (Wildman–Crippen LogP) is 2.58. The minimum atomic E-state index is -0.639. The number of aromatic nitrogens is 1. The first-order chi connectivity index (χ1) is 11.8. The summed E-state index contributed by atoms with van der Waals surface area (Å²) in [5.41, 5.74) is 1.04. The normalized spacial score (nSPS) is 14.9. The van der Waals surface area contributed by atoms with Crippen molar-refractivity contribution in [2.75, 3.05) is 28.3 Å². The molecule has 1 saturated carbocycles. The van der Waals surface area contributed by atoms with Crippen LogP contribution in [0.15, 0.2) is 0 Å². The van der Waals surface area contributed by atoms with Gasteiger partial charge in [-0.25, -0.2) is 9.59 Å². The number of rotatable bonds is 4. The minimum Gasteiger partial charge on any atom is -0.465 e. The molecule has 138 valence electrons. The molecule has 25 heavy (non-hydrogen) atoms. The lowest BCUT2D eigenvalue weighted by Crippen LogP contribution is -2.29. The van der Waals surface area contributed by atoms with Gasteiger partial charge in [0, 0.05) is 20.1 Å². The fourth-order valence-corrected chi connectivity index (χ4v) is 3.54. The number of carbonyl (C=O) groups is 3. The van der Waals surface area contributed by atoms with Crippen LogP contribution in [0.3, 0.4) is 0 Å². The summed E-state index contributed by atoms with van der Waals surface area (Å²) >= 11 is 0. The van der Waals surface area contributed by atoms with Gasteiger partial charge in [0.05, 0.1) is 19.8 Å². The zero-order valence-electron chi connectivity index (χ0n) is 15.5. The maximum atomic E-state index is 12.8. The Morgan fingerprint density at radius 3 is 2.00 bits per heavy atom. The molecule has 1 aliphatic carbocycles. The Balaban J connectivity index is 2.80. The molecule has 0 bridgehead atoms. The van der Waals surface area contributed by atoms with E-state index in [2.05, 4.69) is 0 Å². The summed E-state index contributed by atoms with van der Waals surface area (Å²) in [7, 11) is 5.82. The summed E-state index contributed by atoms with van der Waals surface area (Å²) in [6, 6.07) is -0.0149. The SMILES string of the molecule is COC(=O)c1c(C)c(C(=O)N(C)C)n(C2CCCCC2)c1C(=O)OC. The van der Waals surface area contributed by atoms with Gasteiger partial charge < -0.3 is 18.9 Å².